The van der Waals surface area contributed by atoms with Crippen LogP contribution in [0.4, 0.5) is 14.5 Å². The first-order chi connectivity index (χ1) is 15.7. The zero-order chi connectivity index (χ0) is 24.0. The molecule has 33 heavy (non-hydrogen) atoms. The predicted molar refractivity (Wildman–Crippen MR) is 119 cm³/mol. The summed E-state index contributed by atoms with van der Waals surface area (Å²) in [5.41, 5.74) is 4.06. The molecule has 4 N–H and O–H groups in total. The van der Waals surface area contributed by atoms with Gasteiger partial charge in [0.25, 0.3) is 11.8 Å². The van der Waals surface area contributed by atoms with E-state index in [-0.39, 0.29) is 11.4 Å². The highest BCUT2D eigenvalue weighted by Crippen LogP contribution is 2.23. The summed E-state index contributed by atoms with van der Waals surface area (Å²) < 4.78 is 49.2. The number of halogens is 2. The summed E-state index contributed by atoms with van der Waals surface area (Å²) in [4.78, 5) is 25.1. The molecule has 1 saturated carbocycles. The van der Waals surface area contributed by atoms with E-state index in [2.05, 4.69) is 20.4 Å². The zero-order valence-electron chi connectivity index (χ0n) is 18.0. The molecule has 2 fully saturated rings. The Labute approximate surface area is 190 Å². The van der Waals surface area contributed by atoms with E-state index in [1.54, 1.807) is 0 Å². The smallest absolute Gasteiger partial charge is 0.268 e. The molecule has 0 bridgehead atoms. The molecule has 1 aliphatic heterocycles. The van der Waals surface area contributed by atoms with Gasteiger partial charge in [0.2, 0.25) is 0 Å². The van der Waals surface area contributed by atoms with Crippen LogP contribution < -0.4 is 11.1 Å². The van der Waals surface area contributed by atoms with Crippen LogP contribution in [0.1, 0.15) is 53.0 Å². The second-order valence-electron chi connectivity index (χ2n) is 8.05. The molecule has 0 unspecified atom stereocenters. The third-order valence-corrected chi connectivity index (χ3v) is 7.40. The van der Waals surface area contributed by atoms with E-state index in [9.17, 15) is 26.8 Å². The lowest BCUT2D eigenvalue weighted by atomic mass is 9.94. The minimum Gasteiger partial charge on any atom is -0.364 e. The van der Waals surface area contributed by atoms with E-state index in [0.717, 1.165) is 37.5 Å². The van der Waals surface area contributed by atoms with E-state index < -0.39 is 38.8 Å². The first-order valence-electron chi connectivity index (χ1n) is 10.7. The van der Waals surface area contributed by atoms with Crippen molar-refractivity contribution in [3.05, 3.63) is 47.3 Å². The van der Waals surface area contributed by atoms with Gasteiger partial charge in [-0.3, -0.25) is 19.6 Å². The zero-order valence-corrected chi connectivity index (χ0v) is 18.8. The standard InChI is InChI=1S/C11H8F2N4O2.C10H19NO2S/c12-5-2-1-3-6(13)8(5)11(19)16-7-4-15-17-9(7)10(14)18;12-14(13)8-6-11(7-9-14)10-4-2-1-3-5-10/h1-4H,(H2,14,18)(H,15,17)(H,16,19);10H,1-9H2. The number of carbonyl (C=O) groups excluding carboxylic acids is 2. The van der Waals surface area contributed by atoms with Gasteiger partial charge in [-0.25, -0.2) is 17.2 Å². The molecule has 2 aliphatic rings. The summed E-state index contributed by atoms with van der Waals surface area (Å²) in [6, 6.07) is 3.71. The fourth-order valence-corrected chi connectivity index (χ4v) is 5.24. The van der Waals surface area contributed by atoms with E-state index in [0.29, 0.717) is 17.5 Å². The molecular formula is C21H27F2N5O4S. The van der Waals surface area contributed by atoms with Crippen molar-refractivity contribution in [2.75, 3.05) is 29.9 Å². The quantitative estimate of drug-likeness (QED) is 0.609. The summed E-state index contributed by atoms with van der Waals surface area (Å²) >= 11 is 0. The number of primary amides is 1. The van der Waals surface area contributed by atoms with Gasteiger partial charge in [-0.2, -0.15) is 5.10 Å². The van der Waals surface area contributed by atoms with Gasteiger partial charge in [0, 0.05) is 19.1 Å². The SMILES string of the molecule is NC(=O)c1[nH]ncc1NC(=O)c1c(F)cccc1F.O=S1(=O)CCN(C2CCCCC2)CC1. The number of anilines is 1. The molecule has 4 rings (SSSR count). The molecule has 12 heteroatoms. The van der Waals surface area contributed by atoms with Gasteiger partial charge in [-0.05, 0) is 25.0 Å². The van der Waals surface area contributed by atoms with Crippen molar-refractivity contribution >= 4 is 27.3 Å². The number of hydrogen-bond acceptors (Lipinski definition) is 6. The lowest BCUT2D eigenvalue weighted by molar-refractivity contribution is 0.0996. The Morgan fingerprint density at radius 3 is 2.27 bits per heavy atom. The molecule has 1 aromatic heterocycles. The van der Waals surface area contributed by atoms with Crippen LogP contribution in [-0.2, 0) is 9.84 Å². The van der Waals surface area contributed by atoms with Crippen LogP contribution >= 0.6 is 0 Å². The molecule has 2 amide bonds. The second kappa shape index (κ2) is 10.8. The molecule has 180 valence electrons. The Morgan fingerprint density at radius 2 is 1.70 bits per heavy atom. The van der Waals surface area contributed by atoms with Gasteiger partial charge in [0.15, 0.2) is 9.84 Å². The maximum Gasteiger partial charge on any atom is 0.268 e. The third-order valence-electron chi connectivity index (χ3n) is 5.79. The number of aromatic amines is 1. The fraction of sp³-hybridized carbons (Fsp3) is 0.476. The van der Waals surface area contributed by atoms with Crippen molar-refractivity contribution in [1.29, 1.82) is 0 Å². The maximum atomic E-state index is 13.4. The third kappa shape index (κ3) is 6.57. The van der Waals surface area contributed by atoms with Crippen LogP contribution in [-0.4, -0.2) is 66.0 Å². The highest BCUT2D eigenvalue weighted by Gasteiger charge is 2.27. The molecule has 2 heterocycles. The van der Waals surface area contributed by atoms with Crippen molar-refractivity contribution in [3.63, 3.8) is 0 Å². The normalized spacial score (nSPS) is 18.7. The van der Waals surface area contributed by atoms with Gasteiger partial charge in [0.05, 0.1) is 23.4 Å². The maximum absolute atomic E-state index is 13.4. The number of rotatable bonds is 4. The van der Waals surface area contributed by atoms with Crippen molar-refractivity contribution in [3.8, 4) is 0 Å². The largest absolute Gasteiger partial charge is 0.364 e. The number of sulfone groups is 1. The Balaban J connectivity index is 0.000000194. The molecule has 1 aromatic carbocycles. The van der Waals surface area contributed by atoms with E-state index in [1.165, 1.54) is 32.1 Å². The average Bonchev–Trinajstić information content (AvgIpc) is 3.23. The Hall–Kier alpha value is -2.86. The van der Waals surface area contributed by atoms with Gasteiger partial charge >= 0.3 is 0 Å². The molecule has 0 atom stereocenters. The number of nitrogens with two attached hydrogens (primary N) is 1. The topological polar surface area (TPSA) is 138 Å². The number of aromatic nitrogens is 2. The van der Waals surface area contributed by atoms with Gasteiger partial charge < -0.3 is 11.1 Å². The van der Waals surface area contributed by atoms with Crippen LogP contribution in [0, 0.1) is 11.6 Å². The van der Waals surface area contributed by atoms with Crippen molar-refractivity contribution < 1.29 is 26.8 Å². The molecule has 0 radical (unpaired) electrons. The molecule has 2 aromatic rings. The van der Waals surface area contributed by atoms with Gasteiger partial charge in [-0.15, -0.1) is 0 Å². The summed E-state index contributed by atoms with van der Waals surface area (Å²) in [6.07, 6.45) is 7.68. The lowest BCUT2D eigenvalue weighted by Crippen LogP contribution is -2.46. The van der Waals surface area contributed by atoms with E-state index in [4.69, 9.17) is 5.73 Å². The lowest BCUT2D eigenvalue weighted by Gasteiger charge is -2.36. The number of hydrogen-bond donors (Lipinski definition) is 3. The van der Waals surface area contributed by atoms with E-state index >= 15 is 0 Å². The van der Waals surface area contributed by atoms with Crippen LogP contribution in [0.5, 0.6) is 0 Å². The number of H-pyrrole nitrogens is 1. The minimum absolute atomic E-state index is 0.0554. The molecule has 9 nitrogen and oxygen atoms in total. The first kappa shape index (κ1) is 24.8. The monoisotopic (exact) mass is 483 g/mol. The van der Waals surface area contributed by atoms with Gasteiger partial charge in [-0.1, -0.05) is 25.3 Å². The Morgan fingerprint density at radius 1 is 1.09 bits per heavy atom. The van der Waals surface area contributed by atoms with Crippen LogP contribution in [0.3, 0.4) is 0 Å². The van der Waals surface area contributed by atoms with Crippen molar-refractivity contribution in [1.82, 2.24) is 15.1 Å². The predicted octanol–water partition coefficient (Wildman–Crippen LogP) is 2.09. The molecular weight excluding hydrogens is 456 g/mol. The number of benzene rings is 1. The van der Waals surface area contributed by atoms with E-state index in [1.807, 2.05) is 0 Å². The highest BCUT2D eigenvalue weighted by atomic mass is 32.2. The molecule has 1 aliphatic carbocycles. The Bertz CT molecular complexity index is 1070. The first-order valence-corrected chi connectivity index (χ1v) is 12.5. The van der Waals surface area contributed by atoms with Crippen molar-refractivity contribution in [2.24, 2.45) is 5.73 Å². The summed E-state index contributed by atoms with van der Waals surface area (Å²) in [6.45, 7) is 1.54. The minimum atomic E-state index is -2.70. The summed E-state index contributed by atoms with van der Waals surface area (Å²) in [5, 5.41) is 7.93. The molecule has 1 saturated heterocycles. The van der Waals surface area contributed by atoms with Gasteiger partial charge in [0.1, 0.15) is 22.9 Å². The average molecular weight is 484 g/mol. The number of amides is 2. The second-order valence-corrected chi connectivity index (χ2v) is 10.4. The highest BCUT2D eigenvalue weighted by molar-refractivity contribution is 7.91. The van der Waals surface area contributed by atoms with Crippen molar-refractivity contribution in [2.45, 2.75) is 38.1 Å². The van der Waals surface area contributed by atoms with Crippen LogP contribution in [0.2, 0.25) is 0 Å². The Kier molecular flexibility index (Phi) is 8.14. The van der Waals surface area contributed by atoms with Crippen LogP contribution in [0.25, 0.3) is 0 Å². The van der Waals surface area contributed by atoms with Crippen LogP contribution in [0.15, 0.2) is 24.4 Å². The molecule has 0 spiro atoms. The summed E-state index contributed by atoms with van der Waals surface area (Å²) in [5.74, 6) is -3.17. The summed E-state index contributed by atoms with van der Waals surface area (Å²) in [7, 11) is -2.70. The number of carbonyl (C=O) groups is 2. The number of nitrogens with zero attached hydrogens (tertiary/aromatic N) is 2. The number of nitrogens with one attached hydrogen (secondary N) is 2. The fourth-order valence-electron chi connectivity index (χ4n) is 4.01.